The highest BCUT2D eigenvalue weighted by molar-refractivity contribution is 14.0. The van der Waals surface area contributed by atoms with Crippen LogP contribution >= 0.6 is 35.3 Å². The summed E-state index contributed by atoms with van der Waals surface area (Å²) >= 11 is 1.77. The number of hydrogen-bond donors (Lipinski definition) is 2. The van der Waals surface area contributed by atoms with E-state index in [9.17, 15) is 0 Å². The van der Waals surface area contributed by atoms with Gasteiger partial charge in [-0.05, 0) is 19.8 Å². The Balaban J connectivity index is 0.00000364. The number of rotatable bonds is 10. The number of hydrogen-bond acceptors (Lipinski definition) is 6. The monoisotopic (exact) mass is 507 g/mol. The van der Waals surface area contributed by atoms with E-state index in [0.29, 0.717) is 6.54 Å². The van der Waals surface area contributed by atoms with Crippen LogP contribution in [0.1, 0.15) is 34.9 Å². The first-order chi connectivity index (χ1) is 12.6. The Kier molecular flexibility index (Phi) is 11.4. The third-order valence-electron chi connectivity index (χ3n) is 3.96. The van der Waals surface area contributed by atoms with Crippen LogP contribution in [0.25, 0.3) is 0 Å². The van der Waals surface area contributed by atoms with Gasteiger partial charge in [0.2, 0.25) is 0 Å². The molecule has 8 nitrogen and oxygen atoms in total. The average molecular weight is 507 g/mol. The van der Waals surface area contributed by atoms with Gasteiger partial charge in [-0.25, -0.2) is 9.98 Å². The van der Waals surface area contributed by atoms with Crippen LogP contribution in [0.5, 0.6) is 0 Å². The molecule has 2 aromatic rings. The quantitative estimate of drug-likeness (QED) is 0.222. The predicted octanol–water partition coefficient (Wildman–Crippen LogP) is 2.07. The SMILES string of the molecule is CCc1cnc(CCNC(=NCc2nnc(C)n2C)NCCCOC)s1.I. The molecule has 0 aromatic carbocycles. The maximum absolute atomic E-state index is 5.09. The lowest BCUT2D eigenvalue weighted by Gasteiger charge is -2.12. The van der Waals surface area contributed by atoms with E-state index in [1.807, 2.05) is 24.7 Å². The highest BCUT2D eigenvalue weighted by Gasteiger charge is 2.06. The van der Waals surface area contributed by atoms with Crippen molar-refractivity contribution in [1.29, 1.82) is 0 Å². The minimum absolute atomic E-state index is 0. The van der Waals surface area contributed by atoms with E-state index < -0.39 is 0 Å². The van der Waals surface area contributed by atoms with Gasteiger partial charge in [-0.15, -0.1) is 45.5 Å². The largest absolute Gasteiger partial charge is 0.385 e. The minimum Gasteiger partial charge on any atom is -0.385 e. The zero-order valence-corrected chi connectivity index (χ0v) is 19.6. The molecule has 2 aromatic heterocycles. The second-order valence-electron chi connectivity index (χ2n) is 5.91. The van der Waals surface area contributed by atoms with Crippen molar-refractivity contribution in [1.82, 2.24) is 30.4 Å². The van der Waals surface area contributed by atoms with Gasteiger partial charge in [-0.3, -0.25) is 0 Å². The van der Waals surface area contributed by atoms with E-state index in [1.54, 1.807) is 18.4 Å². The molecule has 0 fully saturated rings. The standard InChI is InChI=1S/C17H29N7OS.HI/c1-5-14-11-20-16(26-14)7-9-19-17(18-8-6-10-25-4)21-12-15-23-22-13(2)24(15)3;/h11H,5-10,12H2,1-4H3,(H2,18,19,21);1H. The average Bonchev–Trinajstić information content (AvgIpc) is 3.23. The van der Waals surface area contributed by atoms with E-state index in [2.05, 4.69) is 37.7 Å². The Morgan fingerprint density at radius 2 is 2.07 bits per heavy atom. The Hall–Kier alpha value is -1.27. The Bertz CT molecular complexity index is 701. The highest BCUT2D eigenvalue weighted by atomic mass is 127. The van der Waals surface area contributed by atoms with Gasteiger partial charge in [0.15, 0.2) is 11.8 Å². The summed E-state index contributed by atoms with van der Waals surface area (Å²) in [6.07, 6.45) is 4.81. The number of aryl methyl sites for hydroxylation is 2. The third-order valence-corrected chi connectivity index (χ3v) is 5.16. The molecule has 0 unspecified atom stereocenters. The van der Waals surface area contributed by atoms with Crippen molar-refractivity contribution in [2.45, 2.75) is 39.7 Å². The fourth-order valence-electron chi connectivity index (χ4n) is 2.25. The molecular formula is C17H30IN7OS. The first-order valence-electron chi connectivity index (χ1n) is 8.93. The number of aliphatic imine (C=N–C) groups is 1. The van der Waals surface area contributed by atoms with Gasteiger partial charge in [0, 0.05) is 51.3 Å². The summed E-state index contributed by atoms with van der Waals surface area (Å²) in [5, 5.41) is 16.1. The van der Waals surface area contributed by atoms with Crippen LogP contribution in [0.3, 0.4) is 0 Å². The smallest absolute Gasteiger partial charge is 0.191 e. The number of ether oxygens (including phenoxy) is 1. The zero-order valence-electron chi connectivity index (χ0n) is 16.5. The van der Waals surface area contributed by atoms with Gasteiger partial charge in [0.1, 0.15) is 12.4 Å². The lowest BCUT2D eigenvalue weighted by molar-refractivity contribution is 0.195. The zero-order chi connectivity index (χ0) is 18.8. The molecule has 0 radical (unpaired) electrons. The molecule has 10 heteroatoms. The van der Waals surface area contributed by atoms with Crippen molar-refractivity contribution < 1.29 is 4.74 Å². The number of thiazole rings is 1. The molecule has 0 atom stereocenters. The summed E-state index contributed by atoms with van der Waals surface area (Å²) in [4.78, 5) is 10.4. The Labute approximate surface area is 182 Å². The van der Waals surface area contributed by atoms with Crippen molar-refractivity contribution in [2.75, 3.05) is 26.8 Å². The molecule has 2 N–H and O–H groups in total. The second-order valence-corrected chi connectivity index (χ2v) is 7.11. The van der Waals surface area contributed by atoms with Crippen molar-refractivity contribution in [3.8, 4) is 0 Å². The van der Waals surface area contributed by atoms with Gasteiger partial charge >= 0.3 is 0 Å². The van der Waals surface area contributed by atoms with Gasteiger partial charge in [-0.1, -0.05) is 6.92 Å². The molecule has 27 heavy (non-hydrogen) atoms. The molecule has 152 valence electrons. The van der Waals surface area contributed by atoms with Gasteiger partial charge in [0.05, 0.1) is 5.01 Å². The van der Waals surface area contributed by atoms with Crippen LogP contribution < -0.4 is 10.6 Å². The molecule has 2 rings (SSSR count). The number of methoxy groups -OCH3 is 1. The minimum atomic E-state index is 0. The van der Waals surface area contributed by atoms with Crippen LogP contribution in [0, 0.1) is 6.92 Å². The summed E-state index contributed by atoms with van der Waals surface area (Å²) in [6, 6.07) is 0. The molecule has 0 aliphatic heterocycles. The molecule has 2 heterocycles. The third kappa shape index (κ3) is 8.09. The molecular weight excluding hydrogens is 477 g/mol. The van der Waals surface area contributed by atoms with Crippen LogP contribution in [0.15, 0.2) is 11.2 Å². The highest BCUT2D eigenvalue weighted by Crippen LogP contribution is 2.13. The summed E-state index contributed by atoms with van der Waals surface area (Å²) in [6.45, 7) is 6.87. The molecule has 0 aliphatic rings. The molecule has 0 amide bonds. The van der Waals surface area contributed by atoms with Crippen LogP contribution in [-0.4, -0.2) is 52.5 Å². The maximum Gasteiger partial charge on any atom is 0.191 e. The van der Waals surface area contributed by atoms with Crippen LogP contribution in [-0.2, 0) is 31.2 Å². The van der Waals surface area contributed by atoms with Crippen molar-refractivity contribution in [2.24, 2.45) is 12.0 Å². The molecule has 0 saturated heterocycles. The number of guanidine groups is 1. The summed E-state index contributed by atoms with van der Waals surface area (Å²) < 4.78 is 7.05. The maximum atomic E-state index is 5.09. The van der Waals surface area contributed by atoms with Crippen molar-refractivity contribution in [3.05, 3.63) is 27.7 Å². The summed E-state index contributed by atoms with van der Waals surface area (Å²) in [5.74, 6) is 2.50. The molecule has 0 saturated carbocycles. The Morgan fingerprint density at radius 3 is 2.70 bits per heavy atom. The van der Waals surface area contributed by atoms with Crippen molar-refractivity contribution >= 4 is 41.3 Å². The number of nitrogens with one attached hydrogen (secondary N) is 2. The van der Waals surface area contributed by atoms with Crippen LogP contribution in [0.4, 0.5) is 0 Å². The van der Waals surface area contributed by atoms with E-state index in [1.165, 1.54) is 4.88 Å². The van der Waals surface area contributed by atoms with Gasteiger partial charge in [-0.2, -0.15) is 0 Å². The first-order valence-corrected chi connectivity index (χ1v) is 9.75. The van der Waals surface area contributed by atoms with E-state index in [-0.39, 0.29) is 24.0 Å². The summed E-state index contributed by atoms with van der Waals surface area (Å²) in [5.41, 5.74) is 0. The molecule has 0 bridgehead atoms. The lowest BCUT2D eigenvalue weighted by atomic mass is 10.4. The second kappa shape index (κ2) is 13.0. The normalized spacial score (nSPS) is 11.3. The fourth-order valence-corrected chi connectivity index (χ4v) is 3.11. The topological polar surface area (TPSA) is 89.3 Å². The number of halogens is 1. The Morgan fingerprint density at radius 1 is 1.30 bits per heavy atom. The van der Waals surface area contributed by atoms with Gasteiger partial charge in [0.25, 0.3) is 0 Å². The molecule has 0 spiro atoms. The fraction of sp³-hybridized carbons (Fsp3) is 0.647. The molecule has 0 aliphatic carbocycles. The van der Waals surface area contributed by atoms with E-state index >= 15 is 0 Å². The predicted molar refractivity (Wildman–Crippen MR) is 120 cm³/mol. The lowest BCUT2D eigenvalue weighted by Crippen LogP contribution is -2.39. The van der Waals surface area contributed by atoms with Gasteiger partial charge < -0.3 is 19.9 Å². The first kappa shape index (κ1) is 23.8. The number of nitrogens with zero attached hydrogens (tertiary/aromatic N) is 5. The number of aromatic nitrogens is 4. The summed E-state index contributed by atoms with van der Waals surface area (Å²) in [7, 11) is 3.66. The van der Waals surface area contributed by atoms with E-state index in [4.69, 9.17) is 4.74 Å². The van der Waals surface area contributed by atoms with Crippen molar-refractivity contribution in [3.63, 3.8) is 0 Å². The van der Waals surface area contributed by atoms with Crippen LogP contribution in [0.2, 0.25) is 0 Å². The van der Waals surface area contributed by atoms with E-state index in [0.717, 1.165) is 61.6 Å².